The number of rotatable bonds is 1. The van der Waals surface area contributed by atoms with Crippen molar-refractivity contribution in [3.8, 4) is 0 Å². The van der Waals surface area contributed by atoms with Crippen LogP contribution in [-0.2, 0) is 0 Å². The molecule has 1 amide bonds. The maximum atomic E-state index is 12.4. The molecular formula is C14H21N3O. The van der Waals surface area contributed by atoms with Crippen LogP contribution in [0.2, 0.25) is 0 Å². The van der Waals surface area contributed by atoms with Gasteiger partial charge in [-0.25, -0.2) is 0 Å². The van der Waals surface area contributed by atoms with Crippen molar-refractivity contribution in [2.24, 2.45) is 5.92 Å². The van der Waals surface area contributed by atoms with Gasteiger partial charge >= 0.3 is 0 Å². The smallest absolute Gasteiger partial charge is 0.257 e. The van der Waals surface area contributed by atoms with Crippen molar-refractivity contribution in [2.45, 2.75) is 33.1 Å². The Morgan fingerprint density at radius 3 is 2.94 bits per heavy atom. The molecule has 0 bridgehead atoms. The first-order valence-electron chi connectivity index (χ1n) is 6.59. The van der Waals surface area contributed by atoms with Gasteiger partial charge in [0.25, 0.3) is 5.91 Å². The number of aromatic nitrogens is 1. The summed E-state index contributed by atoms with van der Waals surface area (Å²) in [6.45, 7) is 5.78. The maximum absolute atomic E-state index is 12.4. The third kappa shape index (κ3) is 2.81. The highest BCUT2D eigenvalue weighted by Gasteiger charge is 2.21. The van der Waals surface area contributed by atoms with Crippen LogP contribution >= 0.6 is 0 Å². The molecule has 2 N–H and O–H groups in total. The Kier molecular flexibility index (Phi) is 3.84. The lowest BCUT2D eigenvalue weighted by Crippen LogP contribution is -2.32. The molecule has 1 fully saturated rings. The van der Waals surface area contributed by atoms with Crippen molar-refractivity contribution >= 4 is 11.6 Å². The largest absolute Gasteiger partial charge is 0.398 e. The first-order valence-corrected chi connectivity index (χ1v) is 6.59. The molecule has 1 aromatic heterocycles. The van der Waals surface area contributed by atoms with Crippen molar-refractivity contribution in [1.29, 1.82) is 0 Å². The molecule has 4 heteroatoms. The quantitative estimate of drug-likeness (QED) is 0.828. The molecule has 1 unspecified atom stereocenters. The lowest BCUT2D eigenvalue weighted by Gasteiger charge is -2.21. The summed E-state index contributed by atoms with van der Waals surface area (Å²) in [5.74, 6) is 0.727. The highest BCUT2D eigenvalue weighted by Crippen LogP contribution is 2.20. The van der Waals surface area contributed by atoms with E-state index < -0.39 is 0 Å². The van der Waals surface area contributed by atoms with Crippen LogP contribution in [-0.4, -0.2) is 28.9 Å². The lowest BCUT2D eigenvalue weighted by molar-refractivity contribution is 0.0761. The Morgan fingerprint density at radius 1 is 1.44 bits per heavy atom. The second-order valence-corrected chi connectivity index (χ2v) is 5.24. The number of pyridine rings is 1. The Balaban J connectivity index is 2.15. The third-order valence-electron chi connectivity index (χ3n) is 3.61. The van der Waals surface area contributed by atoms with E-state index in [2.05, 4.69) is 11.9 Å². The molecule has 0 aromatic carbocycles. The number of hydrogen-bond donors (Lipinski definition) is 1. The van der Waals surface area contributed by atoms with Crippen molar-refractivity contribution in [3.05, 3.63) is 23.5 Å². The van der Waals surface area contributed by atoms with Gasteiger partial charge in [0.15, 0.2) is 0 Å². The Bertz CT molecular complexity index is 445. The minimum Gasteiger partial charge on any atom is -0.398 e. The van der Waals surface area contributed by atoms with E-state index in [1.807, 2.05) is 11.8 Å². The number of nitrogens with zero attached hydrogens (tertiary/aromatic N) is 2. The molecule has 0 saturated carbocycles. The van der Waals surface area contributed by atoms with Gasteiger partial charge in [0.05, 0.1) is 5.56 Å². The van der Waals surface area contributed by atoms with Crippen LogP contribution in [0.1, 0.15) is 42.2 Å². The SMILES string of the molecule is Cc1cc(N)c(C(=O)N2CCCC(C)CC2)cn1. The molecule has 4 nitrogen and oxygen atoms in total. The molecule has 1 aromatic rings. The highest BCUT2D eigenvalue weighted by atomic mass is 16.2. The molecule has 2 heterocycles. The topological polar surface area (TPSA) is 59.2 Å². The van der Waals surface area contributed by atoms with Gasteiger partial charge in [0.2, 0.25) is 0 Å². The standard InChI is InChI=1S/C14H21N3O/c1-10-4-3-6-17(7-5-10)14(18)12-9-16-11(2)8-13(12)15/h8-10H,3-7H2,1-2H3,(H2,15,16). The van der Waals surface area contributed by atoms with Crippen LogP contribution in [0.15, 0.2) is 12.3 Å². The van der Waals surface area contributed by atoms with E-state index in [1.165, 1.54) is 6.42 Å². The second kappa shape index (κ2) is 5.38. The number of likely N-dealkylation sites (tertiary alicyclic amines) is 1. The molecule has 18 heavy (non-hydrogen) atoms. The minimum atomic E-state index is 0.0223. The molecule has 1 atom stereocenters. The first kappa shape index (κ1) is 12.9. The van der Waals surface area contributed by atoms with Crippen LogP contribution in [0.25, 0.3) is 0 Å². The van der Waals surface area contributed by atoms with Gasteiger partial charge in [0.1, 0.15) is 0 Å². The van der Waals surface area contributed by atoms with Crippen molar-refractivity contribution in [2.75, 3.05) is 18.8 Å². The minimum absolute atomic E-state index is 0.0223. The predicted octanol–water partition coefficient (Wildman–Crippen LogP) is 2.23. The maximum Gasteiger partial charge on any atom is 0.257 e. The fourth-order valence-electron chi connectivity index (χ4n) is 2.40. The Labute approximate surface area is 108 Å². The molecule has 0 spiro atoms. The number of nitrogens with two attached hydrogens (primary N) is 1. The average molecular weight is 247 g/mol. The van der Waals surface area contributed by atoms with Crippen molar-refractivity contribution < 1.29 is 4.79 Å². The Hall–Kier alpha value is -1.58. The number of anilines is 1. The molecule has 0 radical (unpaired) electrons. The molecule has 1 aliphatic rings. The van der Waals surface area contributed by atoms with Crippen LogP contribution in [0.5, 0.6) is 0 Å². The number of aryl methyl sites for hydroxylation is 1. The second-order valence-electron chi connectivity index (χ2n) is 5.24. The van der Waals surface area contributed by atoms with Crippen LogP contribution in [0.3, 0.4) is 0 Å². The van der Waals surface area contributed by atoms with Crippen LogP contribution in [0.4, 0.5) is 5.69 Å². The summed E-state index contributed by atoms with van der Waals surface area (Å²) in [6.07, 6.45) is 4.95. The summed E-state index contributed by atoms with van der Waals surface area (Å²) in [6, 6.07) is 1.76. The normalized spacial score (nSPS) is 20.6. The lowest BCUT2D eigenvalue weighted by atomic mass is 10.0. The van der Waals surface area contributed by atoms with Gasteiger partial charge in [-0.1, -0.05) is 6.92 Å². The van der Waals surface area contributed by atoms with Crippen molar-refractivity contribution in [1.82, 2.24) is 9.88 Å². The number of carbonyl (C=O) groups excluding carboxylic acids is 1. The van der Waals surface area contributed by atoms with Gasteiger partial charge in [0, 0.05) is 30.7 Å². The molecule has 0 aliphatic carbocycles. The van der Waals surface area contributed by atoms with E-state index in [-0.39, 0.29) is 5.91 Å². The summed E-state index contributed by atoms with van der Waals surface area (Å²) in [7, 11) is 0. The molecule has 2 rings (SSSR count). The van der Waals surface area contributed by atoms with E-state index >= 15 is 0 Å². The van der Waals surface area contributed by atoms with E-state index in [1.54, 1.807) is 12.3 Å². The monoisotopic (exact) mass is 247 g/mol. The summed E-state index contributed by atoms with van der Waals surface area (Å²) in [4.78, 5) is 18.5. The van der Waals surface area contributed by atoms with Crippen LogP contribution in [0, 0.1) is 12.8 Å². The fourth-order valence-corrected chi connectivity index (χ4v) is 2.40. The number of nitrogen functional groups attached to an aromatic ring is 1. The van der Waals surface area contributed by atoms with E-state index in [0.29, 0.717) is 17.2 Å². The number of carbonyl (C=O) groups is 1. The highest BCUT2D eigenvalue weighted by molar-refractivity contribution is 5.98. The average Bonchev–Trinajstić information content (AvgIpc) is 2.53. The van der Waals surface area contributed by atoms with Gasteiger partial charge in [-0.3, -0.25) is 9.78 Å². The van der Waals surface area contributed by atoms with E-state index in [4.69, 9.17) is 5.73 Å². The third-order valence-corrected chi connectivity index (χ3v) is 3.61. The van der Waals surface area contributed by atoms with Crippen molar-refractivity contribution in [3.63, 3.8) is 0 Å². The number of amides is 1. The summed E-state index contributed by atoms with van der Waals surface area (Å²) < 4.78 is 0. The van der Waals surface area contributed by atoms with Gasteiger partial charge in [-0.2, -0.15) is 0 Å². The zero-order valence-electron chi connectivity index (χ0n) is 11.1. The zero-order chi connectivity index (χ0) is 13.1. The fraction of sp³-hybridized carbons (Fsp3) is 0.571. The zero-order valence-corrected chi connectivity index (χ0v) is 11.1. The van der Waals surface area contributed by atoms with E-state index in [0.717, 1.165) is 31.6 Å². The van der Waals surface area contributed by atoms with Gasteiger partial charge in [-0.05, 0) is 38.2 Å². The molecule has 1 aliphatic heterocycles. The molecule has 98 valence electrons. The van der Waals surface area contributed by atoms with Crippen LogP contribution < -0.4 is 5.73 Å². The summed E-state index contributed by atoms with van der Waals surface area (Å²) in [5.41, 5.74) is 7.82. The Morgan fingerprint density at radius 2 is 2.22 bits per heavy atom. The molecular weight excluding hydrogens is 226 g/mol. The summed E-state index contributed by atoms with van der Waals surface area (Å²) >= 11 is 0. The van der Waals surface area contributed by atoms with Gasteiger partial charge < -0.3 is 10.6 Å². The first-order chi connectivity index (χ1) is 8.58. The summed E-state index contributed by atoms with van der Waals surface area (Å²) in [5, 5.41) is 0. The van der Waals surface area contributed by atoms with Gasteiger partial charge in [-0.15, -0.1) is 0 Å². The number of hydrogen-bond acceptors (Lipinski definition) is 3. The molecule has 1 saturated heterocycles. The predicted molar refractivity (Wildman–Crippen MR) is 72.3 cm³/mol. The van der Waals surface area contributed by atoms with E-state index in [9.17, 15) is 4.79 Å².